The first kappa shape index (κ1) is 23.9. The fourth-order valence-electron chi connectivity index (χ4n) is 5.99. The van der Waals surface area contributed by atoms with Crippen LogP contribution in [0.5, 0.6) is 0 Å². The van der Waals surface area contributed by atoms with Crippen LogP contribution >= 0.6 is 27.5 Å². The zero-order chi connectivity index (χ0) is 25.8. The van der Waals surface area contributed by atoms with Crippen LogP contribution in [0.25, 0.3) is 0 Å². The third-order valence-electron chi connectivity index (χ3n) is 7.39. The van der Waals surface area contributed by atoms with Gasteiger partial charge in [-0.25, -0.2) is 0 Å². The zero-order valence-corrected chi connectivity index (χ0v) is 21.7. The first-order chi connectivity index (χ1) is 17.8. The molecule has 3 aliphatic carbocycles. The topological polar surface area (TPSA) is 92.8 Å². The predicted octanol–water partition coefficient (Wildman–Crippen LogP) is 4.48. The van der Waals surface area contributed by atoms with Crippen molar-refractivity contribution in [3.8, 4) is 0 Å². The number of amides is 3. The Morgan fingerprint density at radius 3 is 1.86 bits per heavy atom. The average molecular weight is 580 g/mol. The second kappa shape index (κ2) is 9.11. The monoisotopic (exact) mass is 578 g/mol. The summed E-state index contributed by atoms with van der Waals surface area (Å²) in [5.41, 5.74) is 4.67. The van der Waals surface area contributed by atoms with Gasteiger partial charge in [-0.1, -0.05) is 60.1 Å². The Hall–Kier alpha value is -3.49. The number of likely N-dealkylation sites (tertiary alicyclic amines) is 1. The van der Waals surface area contributed by atoms with Gasteiger partial charge in [-0.05, 0) is 56.4 Å². The van der Waals surface area contributed by atoms with Gasteiger partial charge in [0.15, 0.2) is 6.61 Å². The molecule has 9 heteroatoms. The lowest BCUT2D eigenvalue weighted by Crippen LogP contribution is -2.41. The highest BCUT2D eigenvalue weighted by Crippen LogP contribution is 2.60. The standard InChI is InChI=1S/C28H20BrClN2O5/c29-19-10-9-14(11-20(19)30)31-21(33)13-37-22(34)12-32-27(35)25-23-15-5-1-2-6-16(15)24(26(25)28(32)36)18-8-4-3-7-17(18)23/h1-11,23-26H,12-13H2,(H,31,33)/t23?,24?,25-,26-/m1/s1. The molecule has 7 rings (SSSR count). The molecule has 3 amide bonds. The van der Waals surface area contributed by atoms with Crippen LogP contribution in [0.2, 0.25) is 5.02 Å². The molecule has 37 heavy (non-hydrogen) atoms. The highest BCUT2D eigenvalue weighted by Gasteiger charge is 2.61. The number of ether oxygens (including phenoxy) is 1. The number of carbonyl (C=O) groups excluding carboxylic acids is 4. The molecule has 186 valence electrons. The average Bonchev–Trinajstić information content (AvgIpc) is 3.15. The number of benzene rings is 3. The second-order valence-corrected chi connectivity index (χ2v) is 10.6. The molecule has 2 atom stereocenters. The van der Waals surface area contributed by atoms with Crippen molar-refractivity contribution in [1.82, 2.24) is 4.90 Å². The number of hydrogen-bond donors (Lipinski definition) is 1. The number of nitrogens with one attached hydrogen (secondary N) is 1. The van der Waals surface area contributed by atoms with Crippen molar-refractivity contribution in [1.29, 1.82) is 0 Å². The van der Waals surface area contributed by atoms with Gasteiger partial charge in [-0.3, -0.25) is 24.1 Å². The van der Waals surface area contributed by atoms with Crippen LogP contribution in [0, 0.1) is 11.8 Å². The molecule has 2 bridgehead atoms. The van der Waals surface area contributed by atoms with E-state index in [0.717, 1.165) is 27.2 Å². The van der Waals surface area contributed by atoms with Gasteiger partial charge in [0.25, 0.3) is 5.91 Å². The Morgan fingerprint density at radius 2 is 1.38 bits per heavy atom. The molecule has 0 unspecified atom stereocenters. The maximum absolute atomic E-state index is 13.5. The third kappa shape index (κ3) is 3.86. The summed E-state index contributed by atoms with van der Waals surface area (Å²) in [7, 11) is 0. The van der Waals surface area contributed by atoms with Crippen molar-refractivity contribution in [2.75, 3.05) is 18.5 Å². The molecule has 1 N–H and O–H groups in total. The normalized spacial score (nSPS) is 22.8. The van der Waals surface area contributed by atoms with E-state index in [1.165, 1.54) is 0 Å². The summed E-state index contributed by atoms with van der Waals surface area (Å²) in [6.45, 7) is -1.09. The minimum Gasteiger partial charge on any atom is -0.454 e. The molecule has 3 aromatic rings. The molecule has 3 aromatic carbocycles. The molecule has 1 aliphatic heterocycles. The van der Waals surface area contributed by atoms with Gasteiger partial charge < -0.3 is 10.1 Å². The molecule has 1 saturated heterocycles. The Balaban J connectivity index is 1.17. The number of hydrogen-bond acceptors (Lipinski definition) is 5. The molecule has 4 aliphatic rings. The van der Waals surface area contributed by atoms with Crippen LogP contribution in [0.15, 0.2) is 71.2 Å². The van der Waals surface area contributed by atoms with Gasteiger partial charge in [0, 0.05) is 22.0 Å². The van der Waals surface area contributed by atoms with Crippen molar-refractivity contribution in [3.05, 3.63) is 98.5 Å². The van der Waals surface area contributed by atoms with Gasteiger partial charge in [0.1, 0.15) is 6.54 Å². The van der Waals surface area contributed by atoms with Gasteiger partial charge in [-0.2, -0.15) is 0 Å². The highest BCUT2D eigenvalue weighted by molar-refractivity contribution is 9.10. The molecular weight excluding hydrogens is 560 g/mol. The van der Waals surface area contributed by atoms with Crippen LogP contribution < -0.4 is 5.32 Å². The molecule has 0 spiro atoms. The summed E-state index contributed by atoms with van der Waals surface area (Å²) in [5.74, 6) is -3.78. The van der Waals surface area contributed by atoms with Crippen molar-refractivity contribution >= 4 is 56.9 Å². The number of rotatable bonds is 5. The fourth-order valence-corrected chi connectivity index (χ4v) is 6.41. The maximum Gasteiger partial charge on any atom is 0.326 e. The van der Waals surface area contributed by atoms with Crippen LogP contribution in [-0.2, 0) is 23.9 Å². The number of halogens is 2. The Kier molecular flexibility index (Phi) is 5.88. The van der Waals surface area contributed by atoms with Crippen LogP contribution in [0.1, 0.15) is 34.1 Å². The first-order valence-corrected chi connectivity index (χ1v) is 13.0. The van der Waals surface area contributed by atoms with E-state index < -0.39 is 36.9 Å². The van der Waals surface area contributed by atoms with Gasteiger partial charge in [0.05, 0.1) is 16.9 Å². The molecule has 0 saturated carbocycles. The minimum atomic E-state index is -0.827. The lowest BCUT2D eigenvalue weighted by atomic mass is 9.55. The van der Waals surface area contributed by atoms with Crippen molar-refractivity contribution in [2.24, 2.45) is 11.8 Å². The van der Waals surface area contributed by atoms with Gasteiger partial charge in [-0.15, -0.1) is 0 Å². The largest absolute Gasteiger partial charge is 0.454 e. The third-order valence-corrected chi connectivity index (χ3v) is 8.63. The highest BCUT2D eigenvalue weighted by atomic mass is 79.9. The second-order valence-electron chi connectivity index (χ2n) is 9.37. The summed E-state index contributed by atoms with van der Waals surface area (Å²) in [5, 5.41) is 3.01. The first-order valence-electron chi connectivity index (χ1n) is 11.8. The fraction of sp³-hybridized carbons (Fsp3) is 0.214. The number of carbonyl (C=O) groups is 4. The summed E-state index contributed by atoms with van der Waals surface area (Å²) in [6.07, 6.45) is 0. The van der Waals surface area contributed by atoms with Crippen LogP contribution in [0.3, 0.4) is 0 Å². The van der Waals surface area contributed by atoms with Crippen LogP contribution in [0.4, 0.5) is 5.69 Å². The predicted molar refractivity (Wildman–Crippen MR) is 139 cm³/mol. The summed E-state index contributed by atoms with van der Waals surface area (Å²) in [4.78, 5) is 52.9. The smallest absolute Gasteiger partial charge is 0.326 e. The molecule has 0 aromatic heterocycles. The van der Waals surface area contributed by atoms with Gasteiger partial charge in [0.2, 0.25) is 11.8 Å². The van der Waals surface area contributed by atoms with E-state index in [4.69, 9.17) is 16.3 Å². The van der Waals surface area contributed by atoms with Crippen molar-refractivity contribution in [3.63, 3.8) is 0 Å². The molecule has 1 fully saturated rings. The molecule has 1 heterocycles. The quantitative estimate of drug-likeness (QED) is 0.356. The Labute approximate surface area is 225 Å². The summed E-state index contributed by atoms with van der Waals surface area (Å²) in [6, 6.07) is 20.7. The molecule has 7 nitrogen and oxygen atoms in total. The summed E-state index contributed by atoms with van der Waals surface area (Å²) >= 11 is 9.30. The van der Waals surface area contributed by atoms with E-state index >= 15 is 0 Å². The zero-order valence-electron chi connectivity index (χ0n) is 19.3. The minimum absolute atomic E-state index is 0.247. The van der Waals surface area contributed by atoms with Crippen molar-refractivity contribution in [2.45, 2.75) is 11.8 Å². The van der Waals surface area contributed by atoms with E-state index in [-0.39, 0.29) is 23.7 Å². The van der Waals surface area contributed by atoms with E-state index in [2.05, 4.69) is 21.2 Å². The number of anilines is 1. The van der Waals surface area contributed by atoms with E-state index in [1.807, 2.05) is 48.5 Å². The lowest BCUT2D eigenvalue weighted by Gasteiger charge is -2.45. The number of esters is 1. The number of nitrogens with zero attached hydrogens (tertiary/aromatic N) is 1. The lowest BCUT2D eigenvalue weighted by molar-refractivity contribution is -0.154. The van der Waals surface area contributed by atoms with Crippen LogP contribution in [-0.4, -0.2) is 41.7 Å². The van der Waals surface area contributed by atoms with E-state index in [9.17, 15) is 19.2 Å². The SMILES string of the molecule is O=C(COC(=O)CN1C(=O)[C@@H]2C3c4ccccc4C(c4ccccc43)[C@H]2C1=O)Nc1ccc(Br)c(Cl)c1. The maximum atomic E-state index is 13.5. The Bertz CT molecular complexity index is 1380. The van der Waals surface area contributed by atoms with E-state index in [1.54, 1.807) is 18.2 Å². The van der Waals surface area contributed by atoms with E-state index in [0.29, 0.717) is 15.2 Å². The van der Waals surface area contributed by atoms with Crippen molar-refractivity contribution < 1.29 is 23.9 Å². The van der Waals surface area contributed by atoms with Gasteiger partial charge >= 0.3 is 5.97 Å². The summed E-state index contributed by atoms with van der Waals surface area (Å²) < 4.78 is 5.77. The molecular formula is C28H20BrClN2O5. The molecule has 0 radical (unpaired) electrons. The number of imide groups is 1. The Morgan fingerprint density at radius 1 is 0.865 bits per heavy atom.